The Morgan fingerprint density at radius 2 is 2.00 bits per heavy atom. The number of carboxylic acids is 1. The molecule has 4 heteroatoms. The topological polar surface area (TPSA) is 50.2 Å². The van der Waals surface area contributed by atoms with Crippen LogP contribution in [0.2, 0.25) is 0 Å². The molecule has 1 heterocycles. The highest BCUT2D eigenvalue weighted by Gasteiger charge is 2.19. The highest BCUT2D eigenvalue weighted by Crippen LogP contribution is 2.16. The molecule has 1 atom stereocenters. The van der Waals surface area contributed by atoms with E-state index < -0.39 is 11.9 Å². The second-order valence-corrected chi connectivity index (χ2v) is 4.94. The van der Waals surface area contributed by atoms with Gasteiger partial charge in [0.05, 0.1) is 5.92 Å². The third-order valence-electron chi connectivity index (χ3n) is 3.13. The Kier molecular flexibility index (Phi) is 4.45. The van der Waals surface area contributed by atoms with E-state index in [-0.39, 0.29) is 5.82 Å². The number of carboxylic acid groups (broad SMARTS) is 1. The molecule has 0 amide bonds. The fourth-order valence-corrected chi connectivity index (χ4v) is 2.21. The molecule has 0 aliphatic heterocycles. The van der Waals surface area contributed by atoms with Crippen LogP contribution in [-0.2, 0) is 17.6 Å². The van der Waals surface area contributed by atoms with Gasteiger partial charge in [-0.15, -0.1) is 0 Å². The van der Waals surface area contributed by atoms with Gasteiger partial charge in [0, 0.05) is 12.4 Å². The highest BCUT2D eigenvalue weighted by atomic mass is 19.1. The van der Waals surface area contributed by atoms with Crippen molar-refractivity contribution < 1.29 is 14.3 Å². The number of aryl methyl sites for hydroxylation is 1. The van der Waals surface area contributed by atoms with Crippen molar-refractivity contribution >= 4 is 5.97 Å². The molecule has 0 aliphatic rings. The first-order valence-electron chi connectivity index (χ1n) is 6.42. The Labute approximate surface area is 117 Å². The maximum absolute atomic E-state index is 13.1. The Bertz CT molecular complexity index is 565. The molecular weight excluding hydrogens is 257 g/mol. The zero-order valence-corrected chi connectivity index (χ0v) is 11.2. The lowest BCUT2D eigenvalue weighted by molar-refractivity contribution is -0.141. The standard InChI is InChI=1S/C16H16FNO2/c1-11-5-13(10-18-9-11)7-14(16(19)20)6-12-3-2-4-15(17)8-12/h2-5,8-10,14H,6-7H2,1H3,(H,19,20). The summed E-state index contributed by atoms with van der Waals surface area (Å²) in [5, 5.41) is 9.32. The van der Waals surface area contributed by atoms with Crippen LogP contribution >= 0.6 is 0 Å². The highest BCUT2D eigenvalue weighted by molar-refractivity contribution is 5.70. The van der Waals surface area contributed by atoms with Gasteiger partial charge < -0.3 is 5.11 Å². The Morgan fingerprint density at radius 3 is 2.65 bits per heavy atom. The molecule has 1 aromatic heterocycles. The summed E-state index contributed by atoms with van der Waals surface area (Å²) in [7, 11) is 0. The predicted octanol–water partition coefficient (Wildman–Crippen LogP) is 3.02. The predicted molar refractivity (Wildman–Crippen MR) is 73.9 cm³/mol. The van der Waals surface area contributed by atoms with Crippen LogP contribution < -0.4 is 0 Å². The normalized spacial score (nSPS) is 12.1. The molecule has 0 saturated carbocycles. The van der Waals surface area contributed by atoms with Gasteiger partial charge in [-0.3, -0.25) is 9.78 Å². The van der Waals surface area contributed by atoms with Crippen LogP contribution in [0.3, 0.4) is 0 Å². The van der Waals surface area contributed by atoms with Gasteiger partial charge in [-0.1, -0.05) is 18.2 Å². The van der Waals surface area contributed by atoms with Gasteiger partial charge in [0.2, 0.25) is 0 Å². The van der Waals surface area contributed by atoms with Gasteiger partial charge in [0.1, 0.15) is 5.82 Å². The van der Waals surface area contributed by atoms with E-state index in [4.69, 9.17) is 0 Å². The fourth-order valence-electron chi connectivity index (χ4n) is 2.21. The van der Waals surface area contributed by atoms with Gasteiger partial charge in [-0.05, 0) is 48.6 Å². The number of aliphatic carboxylic acids is 1. The quantitative estimate of drug-likeness (QED) is 0.911. The minimum Gasteiger partial charge on any atom is -0.481 e. The smallest absolute Gasteiger partial charge is 0.307 e. The minimum atomic E-state index is -0.879. The van der Waals surface area contributed by atoms with Crippen molar-refractivity contribution in [3.63, 3.8) is 0 Å². The molecular formula is C16H16FNO2. The Hall–Kier alpha value is -2.23. The van der Waals surface area contributed by atoms with Gasteiger partial charge in [-0.2, -0.15) is 0 Å². The van der Waals surface area contributed by atoms with E-state index >= 15 is 0 Å². The van der Waals surface area contributed by atoms with Crippen molar-refractivity contribution in [2.24, 2.45) is 5.92 Å². The van der Waals surface area contributed by atoms with Crippen LogP contribution in [-0.4, -0.2) is 16.1 Å². The summed E-state index contributed by atoms with van der Waals surface area (Å²) >= 11 is 0. The zero-order chi connectivity index (χ0) is 14.5. The first-order chi connectivity index (χ1) is 9.54. The SMILES string of the molecule is Cc1cncc(CC(Cc2cccc(F)c2)C(=O)O)c1. The van der Waals surface area contributed by atoms with Crippen LogP contribution in [0.5, 0.6) is 0 Å². The lowest BCUT2D eigenvalue weighted by Gasteiger charge is -2.12. The second kappa shape index (κ2) is 6.28. The third kappa shape index (κ3) is 3.88. The molecule has 0 aliphatic carbocycles. The average molecular weight is 273 g/mol. The van der Waals surface area contributed by atoms with Gasteiger partial charge in [0.15, 0.2) is 0 Å². The molecule has 20 heavy (non-hydrogen) atoms. The molecule has 1 unspecified atom stereocenters. The third-order valence-corrected chi connectivity index (χ3v) is 3.13. The lowest BCUT2D eigenvalue weighted by atomic mass is 9.93. The number of halogens is 1. The van der Waals surface area contributed by atoms with Crippen molar-refractivity contribution in [3.05, 3.63) is 65.2 Å². The molecule has 0 spiro atoms. The van der Waals surface area contributed by atoms with Crippen LogP contribution in [0.25, 0.3) is 0 Å². The number of benzene rings is 1. The van der Waals surface area contributed by atoms with Crippen molar-refractivity contribution in [3.8, 4) is 0 Å². The number of pyridine rings is 1. The first-order valence-corrected chi connectivity index (χ1v) is 6.42. The molecule has 3 nitrogen and oxygen atoms in total. The number of carbonyl (C=O) groups is 1. The van der Waals surface area contributed by atoms with E-state index in [9.17, 15) is 14.3 Å². The maximum atomic E-state index is 13.1. The van der Waals surface area contributed by atoms with Crippen LogP contribution in [0.4, 0.5) is 4.39 Å². The maximum Gasteiger partial charge on any atom is 0.307 e. The van der Waals surface area contributed by atoms with Crippen LogP contribution in [0.1, 0.15) is 16.7 Å². The molecule has 0 bridgehead atoms. The summed E-state index contributed by atoms with van der Waals surface area (Å²) < 4.78 is 13.1. The van der Waals surface area contributed by atoms with Crippen molar-refractivity contribution in [1.82, 2.24) is 4.98 Å². The van der Waals surface area contributed by atoms with Gasteiger partial charge in [-0.25, -0.2) is 4.39 Å². The van der Waals surface area contributed by atoms with Crippen LogP contribution in [0.15, 0.2) is 42.7 Å². The molecule has 0 radical (unpaired) electrons. The number of hydrogen-bond donors (Lipinski definition) is 1. The fraction of sp³-hybridized carbons (Fsp3) is 0.250. The second-order valence-electron chi connectivity index (χ2n) is 4.94. The first kappa shape index (κ1) is 14.2. The monoisotopic (exact) mass is 273 g/mol. The van der Waals surface area contributed by atoms with Crippen LogP contribution in [0, 0.1) is 18.7 Å². The van der Waals surface area contributed by atoms with Crippen molar-refractivity contribution in [2.75, 3.05) is 0 Å². The lowest BCUT2D eigenvalue weighted by Crippen LogP contribution is -2.19. The van der Waals surface area contributed by atoms with Gasteiger partial charge >= 0.3 is 5.97 Å². The van der Waals surface area contributed by atoms with Crippen molar-refractivity contribution in [2.45, 2.75) is 19.8 Å². The number of rotatable bonds is 5. The molecule has 2 rings (SSSR count). The zero-order valence-electron chi connectivity index (χ0n) is 11.2. The molecule has 2 aromatic rings. The van der Waals surface area contributed by atoms with E-state index in [1.807, 2.05) is 13.0 Å². The van der Waals surface area contributed by atoms with E-state index in [2.05, 4.69) is 4.98 Å². The van der Waals surface area contributed by atoms with E-state index in [0.717, 1.165) is 11.1 Å². The summed E-state index contributed by atoms with van der Waals surface area (Å²) in [5.74, 6) is -1.81. The largest absolute Gasteiger partial charge is 0.481 e. The average Bonchev–Trinajstić information content (AvgIpc) is 2.38. The summed E-state index contributed by atoms with van der Waals surface area (Å²) in [5.41, 5.74) is 2.57. The summed E-state index contributed by atoms with van der Waals surface area (Å²) in [6.45, 7) is 1.92. The molecule has 0 fully saturated rings. The number of nitrogens with zero attached hydrogens (tertiary/aromatic N) is 1. The number of hydrogen-bond acceptors (Lipinski definition) is 2. The summed E-state index contributed by atoms with van der Waals surface area (Å²) in [6.07, 6.45) is 4.10. The summed E-state index contributed by atoms with van der Waals surface area (Å²) in [4.78, 5) is 15.4. The summed E-state index contributed by atoms with van der Waals surface area (Å²) in [6, 6.07) is 7.99. The Morgan fingerprint density at radius 1 is 1.25 bits per heavy atom. The number of aromatic nitrogens is 1. The molecule has 104 valence electrons. The minimum absolute atomic E-state index is 0.307. The molecule has 0 saturated heterocycles. The van der Waals surface area contributed by atoms with E-state index in [0.29, 0.717) is 18.4 Å². The van der Waals surface area contributed by atoms with E-state index in [1.165, 1.54) is 12.1 Å². The molecule has 1 N–H and O–H groups in total. The van der Waals surface area contributed by atoms with Crippen molar-refractivity contribution in [1.29, 1.82) is 0 Å². The molecule has 1 aromatic carbocycles. The van der Waals surface area contributed by atoms with E-state index in [1.54, 1.807) is 24.5 Å². The van der Waals surface area contributed by atoms with Gasteiger partial charge in [0.25, 0.3) is 0 Å². The Balaban J connectivity index is 2.13.